The topological polar surface area (TPSA) is 0 Å². The molecule has 3 heteroatoms. The molecule has 84 valence electrons. The van der Waals surface area contributed by atoms with Crippen LogP contribution >= 0.6 is 47.8 Å². The maximum absolute atomic E-state index is 3.71. The number of benzene rings is 1. The number of rotatable bonds is 3. The molecule has 1 aromatic rings. The fraction of sp³-hybridized carbons (Fsp3) is 0.500. The highest BCUT2D eigenvalue weighted by Gasteiger charge is 2.16. The molecule has 0 aliphatic carbocycles. The molecule has 1 aromatic carbocycles. The van der Waals surface area contributed by atoms with Gasteiger partial charge in [-0.25, -0.2) is 0 Å². The lowest BCUT2D eigenvalue weighted by atomic mass is 10.0. The molecule has 0 aliphatic heterocycles. The highest BCUT2D eigenvalue weighted by Crippen LogP contribution is 2.39. The predicted octanol–water partition coefficient (Wildman–Crippen LogP) is 5.66. The highest BCUT2D eigenvalue weighted by molar-refractivity contribution is 9.11. The Morgan fingerprint density at radius 1 is 0.600 bits per heavy atom. The van der Waals surface area contributed by atoms with Crippen molar-refractivity contribution in [3.63, 3.8) is 0 Å². The lowest BCUT2D eigenvalue weighted by Gasteiger charge is -2.17. The molecule has 0 N–H and O–H groups in total. The Kier molecular flexibility index (Phi) is 5.33. The molecular formula is C12H15Br3. The van der Waals surface area contributed by atoms with Crippen LogP contribution in [0.25, 0.3) is 0 Å². The molecule has 0 aliphatic rings. The van der Waals surface area contributed by atoms with Crippen LogP contribution in [0.5, 0.6) is 0 Å². The van der Waals surface area contributed by atoms with Gasteiger partial charge in [0.2, 0.25) is 0 Å². The van der Waals surface area contributed by atoms with Gasteiger partial charge in [0, 0.05) is 13.4 Å². The third kappa shape index (κ3) is 2.50. The maximum atomic E-state index is 3.71. The molecule has 15 heavy (non-hydrogen) atoms. The standard InChI is InChI=1S/C12H15Br3/c1-4-7-10(13)8(5-2)12(15)9(6-3)11(7)14/h4-6H2,1-3H3. The summed E-state index contributed by atoms with van der Waals surface area (Å²) in [6, 6.07) is 0. The van der Waals surface area contributed by atoms with Crippen LogP contribution in [0, 0.1) is 0 Å². The second-order valence-corrected chi connectivity index (χ2v) is 5.82. The molecule has 0 spiro atoms. The summed E-state index contributed by atoms with van der Waals surface area (Å²) in [6.07, 6.45) is 3.15. The van der Waals surface area contributed by atoms with E-state index in [4.69, 9.17) is 0 Å². The van der Waals surface area contributed by atoms with Gasteiger partial charge in [-0.1, -0.05) is 68.6 Å². The molecule has 0 radical (unpaired) electrons. The van der Waals surface area contributed by atoms with E-state index in [2.05, 4.69) is 68.6 Å². The average Bonchev–Trinajstić information content (AvgIpc) is 2.19. The third-order valence-corrected chi connectivity index (χ3v) is 5.52. The fourth-order valence-electron chi connectivity index (χ4n) is 1.77. The van der Waals surface area contributed by atoms with E-state index in [9.17, 15) is 0 Å². The summed E-state index contributed by atoms with van der Waals surface area (Å²) in [4.78, 5) is 0. The molecule has 0 saturated carbocycles. The van der Waals surface area contributed by atoms with Crippen molar-refractivity contribution in [3.05, 3.63) is 30.1 Å². The first-order chi connectivity index (χ1) is 7.08. The van der Waals surface area contributed by atoms with Gasteiger partial charge >= 0.3 is 0 Å². The second kappa shape index (κ2) is 5.83. The zero-order valence-electron chi connectivity index (χ0n) is 9.26. The summed E-state index contributed by atoms with van der Waals surface area (Å²) < 4.78 is 3.76. The first-order valence-electron chi connectivity index (χ1n) is 5.25. The predicted molar refractivity (Wildman–Crippen MR) is 77.7 cm³/mol. The maximum Gasteiger partial charge on any atom is 0.0261 e. The van der Waals surface area contributed by atoms with Crippen molar-refractivity contribution in [1.29, 1.82) is 0 Å². The van der Waals surface area contributed by atoms with Gasteiger partial charge in [0.1, 0.15) is 0 Å². The van der Waals surface area contributed by atoms with Gasteiger partial charge in [0.05, 0.1) is 0 Å². The normalized spacial score (nSPS) is 10.8. The van der Waals surface area contributed by atoms with Crippen LogP contribution in [-0.4, -0.2) is 0 Å². The van der Waals surface area contributed by atoms with Gasteiger partial charge in [-0.3, -0.25) is 0 Å². The van der Waals surface area contributed by atoms with Crippen molar-refractivity contribution in [1.82, 2.24) is 0 Å². The van der Waals surface area contributed by atoms with Gasteiger partial charge in [-0.2, -0.15) is 0 Å². The van der Waals surface area contributed by atoms with E-state index in [0.29, 0.717) is 0 Å². The van der Waals surface area contributed by atoms with Crippen molar-refractivity contribution in [2.75, 3.05) is 0 Å². The minimum Gasteiger partial charge on any atom is -0.0612 e. The van der Waals surface area contributed by atoms with Crippen LogP contribution in [-0.2, 0) is 19.3 Å². The lowest BCUT2D eigenvalue weighted by Crippen LogP contribution is -1.99. The van der Waals surface area contributed by atoms with E-state index < -0.39 is 0 Å². The monoisotopic (exact) mass is 396 g/mol. The molecule has 0 fully saturated rings. The smallest absolute Gasteiger partial charge is 0.0261 e. The Hall–Kier alpha value is 0.660. The van der Waals surface area contributed by atoms with Crippen molar-refractivity contribution in [2.45, 2.75) is 40.0 Å². The molecule has 0 saturated heterocycles. The number of halogens is 3. The summed E-state index contributed by atoms with van der Waals surface area (Å²) in [5.74, 6) is 0. The van der Waals surface area contributed by atoms with Crippen molar-refractivity contribution in [3.8, 4) is 0 Å². The van der Waals surface area contributed by atoms with E-state index in [1.165, 1.54) is 30.1 Å². The largest absolute Gasteiger partial charge is 0.0612 e. The highest BCUT2D eigenvalue weighted by atomic mass is 79.9. The van der Waals surface area contributed by atoms with Gasteiger partial charge in [0.25, 0.3) is 0 Å². The van der Waals surface area contributed by atoms with Gasteiger partial charge in [-0.05, 0) is 36.0 Å². The number of hydrogen-bond donors (Lipinski definition) is 0. The number of hydrogen-bond acceptors (Lipinski definition) is 0. The second-order valence-electron chi connectivity index (χ2n) is 3.44. The summed E-state index contributed by atoms with van der Waals surface area (Å²) in [6.45, 7) is 6.58. The fourth-order valence-corrected chi connectivity index (χ4v) is 5.44. The average molecular weight is 399 g/mol. The van der Waals surface area contributed by atoms with E-state index in [0.717, 1.165) is 19.3 Å². The first kappa shape index (κ1) is 13.7. The van der Waals surface area contributed by atoms with Crippen molar-refractivity contribution in [2.24, 2.45) is 0 Å². The molecule has 0 heterocycles. The van der Waals surface area contributed by atoms with E-state index in [-0.39, 0.29) is 0 Å². The van der Waals surface area contributed by atoms with Crippen LogP contribution in [0.15, 0.2) is 13.4 Å². The Morgan fingerprint density at radius 3 is 0.933 bits per heavy atom. The Morgan fingerprint density at radius 2 is 0.800 bits per heavy atom. The molecule has 0 amide bonds. The molecule has 0 atom stereocenters. The van der Waals surface area contributed by atoms with Crippen LogP contribution in [0.3, 0.4) is 0 Å². The molecule has 0 unspecified atom stereocenters. The van der Waals surface area contributed by atoms with Crippen LogP contribution < -0.4 is 0 Å². The van der Waals surface area contributed by atoms with E-state index in [1.54, 1.807) is 0 Å². The van der Waals surface area contributed by atoms with Gasteiger partial charge in [-0.15, -0.1) is 0 Å². The van der Waals surface area contributed by atoms with Crippen LogP contribution in [0.4, 0.5) is 0 Å². The molecule has 1 rings (SSSR count). The summed E-state index contributed by atoms with van der Waals surface area (Å²) >= 11 is 11.1. The van der Waals surface area contributed by atoms with E-state index >= 15 is 0 Å². The minimum absolute atomic E-state index is 1.05. The van der Waals surface area contributed by atoms with Crippen molar-refractivity contribution >= 4 is 47.8 Å². The summed E-state index contributed by atoms with van der Waals surface area (Å²) in [5.41, 5.74) is 4.14. The summed E-state index contributed by atoms with van der Waals surface area (Å²) in [7, 11) is 0. The summed E-state index contributed by atoms with van der Waals surface area (Å²) in [5, 5.41) is 0. The molecule has 0 aromatic heterocycles. The van der Waals surface area contributed by atoms with Crippen molar-refractivity contribution < 1.29 is 0 Å². The molecule has 0 nitrogen and oxygen atoms in total. The Balaban J connectivity index is 3.57. The molecule has 0 bridgehead atoms. The third-order valence-electron chi connectivity index (χ3n) is 2.65. The Labute approximate surface area is 117 Å². The zero-order chi connectivity index (χ0) is 11.6. The molecular weight excluding hydrogens is 384 g/mol. The van der Waals surface area contributed by atoms with Crippen LogP contribution in [0.2, 0.25) is 0 Å². The van der Waals surface area contributed by atoms with Crippen LogP contribution in [0.1, 0.15) is 37.5 Å². The minimum atomic E-state index is 1.05. The lowest BCUT2D eigenvalue weighted by molar-refractivity contribution is 1.000. The SMILES string of the molecule is CCc1c(Br)c(CC)c(Br)c(CC)c1Br. The van der Waals surface area contributed by atoms with E-state index in [1.807, 2.05) is 0 Å². The van der Waals surface area contributed by atoms with Gasteiger partial charge in [0.15, 0.2) is 0 Å². The van der Waals surface area contributed by atoms with Gasteiger partial charge < -0.3 is 0 Å². The zero-order valence-corrected chi connectivity index (χ0v) is 14.0. The quantitative estimate of drug-likeness (QED) is 0.616. The first-order valence-corrected chi connectivity index (χ1v) is 7.63. The Bertz CT molecular complexity index is 291.